The molecular formula is C39H55N3O3. The van der Waals surface area contributed by atoms with Crippen LogP contribution >= 0.6 is 0 Å². The van der Waals surface area contributed by atoms with Crippen molar-refractivity contribution in [2.75, 3.05) is 39.3 Å². The van der Waals surface area contributed by atoms with Crippen LogP contribution in [-0.4, -0.2) is 70.6 Å². The molecule has 6 rings (SSSR count). The van der Waals surface area contributed by atoms with Crippen molar-refractivity contribution in [1.82, 2.24) is 14.7 Å². The number of rotatable bonds is 11. The van der Waals surface area contributed by atoms with E-state index in [9.17, 15) is 14.7 Å². The molecule has 0 radical (unpaired) electrons. The number of hydrogen-bond acceptors (Lipinski definition) is 6. The van der Waals surface area contributed by atoms with Crippen molar-refractivity contribution in [2.24, 2.45) is 17.8 Å². The predicted molar refractivity (Wildman–Crippen MR) is 183 cm³/mol. The number of benzene rings is 1. The maximum atomic E-state index is 12.4. The average molecular weight is 614 g/mol. The number of phenolic OH excluding ortho intramolecular Hbond substituents is 1. The van der Waals surface area contributed by atoms with Gasteiger partial charge in [-0.25, -0.2) is 0 Å². The third-order valence-electron chi connectivity index (χ3n) is 10.0. The quantitative estimate of drug-likeness (QED) is 0.216. The summed E-state index contributed by atoms with van der Waals surface area (Å²) in [6.45, 7) is 23.8. The largest absolute Gasteiger partial charge is 0.507 e. The van der Waals surface area contributed by atoms with E-state index in [-0.39, 0.29) is 17.0 Å². The molecule has 0 spiro atoms. The summed E-state index contributed by atoms with van der Waals surface area (Å²) in [5.74, 6) is 2.16. The number of Topliss-reactive ketones (excluding diaryl/α,β-unsaturated/α-hetero) is 1. The van der Waals surface area contributed by atoms with E-state index in [2.05, 4.69) is 79.7 Å². The highest BCUT2D eigenvalue weighted by Gasteiger charge is 2.43. The second-order valence-electron chi connectivity index (χ2n) is 14.6. The van der Waals surface area contributed by atoms with E-state index >= 15 is 0 Å². The van der Waals surface area contributed by atoms with Crippen LogP contribution in [0.15, 0.2) is 58.6 Å². The monoisotopic (exact) mass is 613 g/mol. The topological polar surface area (TPSA) is 63.4 Å². The van der Waals surface area contributed by atoms with Gasteiger partial charge in [0.2, 0.25) is 11.6 Å². The van der Waals surface area contributed by atoms with Crippen molar-refractivity contribution in [2.45, 2.75) is 92.9 Å². The number of carbonyl (C=O) groups is 2. The van der Waals surface area contributed by atoms with Crippen LogP contribution in [0.5, 0.6) is 5.75 Å². The molecule has 45 heavy (non-hydrogen) atoms. The highest BCUT2D eigenvalue weighted by atomic mass is 16.3. The minimum atomic E-state index is 0.00546. The van der Waals surface area contributed by atoms with Gasteiger partial charge in [0.05, 0.1) is 5.70 Å². The fourth-order valence-electron chi connectivity index (χ4n) is 6.81. The number of allylic oxidation sites excluding steroid dienone is 5. The lowest BCUT2D eigenvalue weighted by Crippen LogP contribution is -2.34. The second-order valence-corrected chi connectivity index (χ2v) is 14.6. The van der Waals surface area contributed by atoms with Crippen LogP contribution < -0.4 is 0 Å². The van der Waals surface area contributed by atoms with Gasteiger partial charge in [-0.1, -0.05) is 98.1 Å². The summed E-state index contributed by atoms with van der Waals surface area (Å²) < 4.78 is 0. The van der Waals surface area contributed by atoms with E-state index in [1.165, 1.54) is 17.2 Å². The van der Waals surface area contributed by atoms with E-state index in [0.29, 0.717) is 40.6 Å². The van der Waals surface area contributed by atoms with Crippen molar-refractivity contribution in [3.63, 3.8) is 0 Å². The van der Waals surface area contributed by atoms with Gasteiger partial charge in [0.15, 0.2) is 0 Å². The molecule has 0 amide bonds. The summed E-state index contributed by atoms with van der Waals surface area (Å²) in [5, 5.41) is 10.9. The summed E-state index contributed by atoms with van der Waals surface area (Å²) in [4.78, 5) is 30.5. The van der Waals surface area contributed by atoms with Crippen LogP contribution in [0, 0.1) is 17.8 Å². The molecule has 3 fully saturated rings. The standard InChI is InChI=1S/C27H42O.C12H13N3O2/c1-9-11-21-14-25(15-22(12-10-2)26(21)28)27(20(7)8)16-23(18(3)4)13-24(17-27)19(5)6;16-9-7-8(13-1-2-13)12(17)11(15-5-6-15)10(9)14-3-4-14/h13-16,18-20,28H,9-12,17H2,1-8H3;7H,1-6H2. The maximum absolute atomic E-state index is 12.4. The molecule has 5 aliphatic rings. The zero-order valence-electron chi connectivity index (χ0n) is 29.0. The van der Waals surface area contributed by atoms with Crippen molar-refractivity contribution < 1.29 is 14.7 Å². The fraction of sp³-hybridized carbons (Fsp3) is 0.590. The van der Waals surface area contributed by atoms with Crippen LogP contribution in [0.2, 0.25) is 0 Å². The molecule has 1 aromatic rings. The van der Waals surface area contributed by atoms with Crippen LogP contribution in [0.1, 0.15) is 91.3 Å². The number of nitrogens with zero attached hydrogens (tertiary/aromatic N) is 3. The van der Waals surface area contributed by atoms with Crippen LogP contribution in [0.25, 0.3) is 0 Å². The highest BCUT2D eigenvalue weighted by Crippen LogP contribution is 2.47. The van der Waals surface area contributed by atoms with E-state index in [1.54, 1.807) is 5.57 Å². The molecule has 0 bridgehead atoms. The lowest BCUT2D eigenvalue weighted by atomic mass is 9.62. The Hall–Kier alpha value is -3.28. The van der Waals surface area contributed by atoms with E-state index in [4.69, 9.17) is 0 Å². The Bertz CT molecular complexity index is 1420. The summed E-state index contributed by atoms with van der Waals surface area (Å²) in [5.41, 5.74) is 8.57. The van der Waals surface area contributed by atoms with Crippen molar-refractivity contribution in [3.8, 4) is 5.75 Å². The van der Waals surface area contributed by atoms with E-state index in [0.717, 1.165) is 82.5 Å². The first-order valence-electron chi connectivity index (χ1n) is 17.5. The van der Waals surface area contributed by atoms with Gasteiger partial charge < -0.3 is 19.8 Å². The van der Waals surface area contributed by atoms with E-state index in [1.807, 2.05) is 14.7 Å². The first-order chi connectivity index (χ1) is 21.4. The Balaban J connectivity index is 0.000000198. The van der Waals surface area contributed by atoms with Crippen LogP contribution in [0.4, 0.5) is 0 Å². The lowest BCUT2D eigenvalue weighted by molar-refractivity contribution is -0.117. The SMILES string of the molecule is CCCc1cc(C2(C(C)C)C=C(C(C)C)C=C(C(C)C)C2)cc(CCC)c1O.O=C1C=C(N2CC2)C(=O)C(N2CC2)=C1N1CC1. The molecule has 1 atom stereocenters. The molecule has 1 aromatic carbocycles. The van der Waals surface area contributed by atoms with Crippen molar-refractivity contribution in [1.29, 1.82) is 0 Å². The molecule has 3 heterocycles. The van der Waals surface area contributed by atoms with Gasteiger partial charge in [-0.15, -0.1) is 0 Å². The Labute approximate surface area is 271 Å². The molecule has 1 unspecified atom stereocenters. The molecular weight excluding hydrogens is 558 g/mol. The molecule has 6 heteroatoms. The van der Waals surface area contributed by atoms with Gasteiger partial charge in [0.1, 0.15) is 17.1 Å². The molecule has 6 nitrogen and oxygen atoms in total. The van der Waals surface area contributed by atoms with Crippen LogP contribution in [0.3, 0.4) is 0 Å². The number of aryl methyl sites for hydroxylation is 2. The summed E-state index contributed by atoms with van der Waals surface area (Å²) in [6.07, 6.45) is 11.6. The molecule has 244 valence electrons. The van der Waals surface area contributed by atoms with Gasteiger partial charge in [-0.2, -0.15) is 0 Å². The second kappa shape index (κ2) is 13.2. The summed E-state index contributed by atoms with van der Waals surface area (Å²) in [6, 6.07) is 4.63. The first-order valence-corrected chi connectivity index (χ1v) is 17.5. The molecule has 0 saturated carbocycles. The third-order valence-corrected chi connectivity index (χ3v) is 10.0. The summed E-state index contributed by atoms with van der Waals surface area (Å²) in [7, 11) is 0. The third kappa shape index (κ3) is 6.95. The average Bonchev–Trinajstić information content (AvgIpc) is 3.84. The van der Waals surface area contributed by atoms with Gasteiger partial charge in [-0.05, 0) is 59.3 Å². The van der Waals surface area contributed by atoms with Crippen molar-refractivity contribution in [3.05, 3.63) is 75.3 Å². The molecule has 1 N–H and O–H groups in total. The molecule has 2 aliphatic carbocycles. The minimum Gasteiger partial charge on any atom is -0.507 e. The lowest BCUT2D eigenvalue weighted by Gasteiger charge is -2.42. The highest BCUT2D eigenvalue weighted by molar-refractivity contribution is 6.22. The number of ketones is 2. The Morgan fingerprint density at radius 1 is 0.756 bits per heavy atom. The number of aromatic hydroxyl groups is 1. The Morgan fingerprint density at radius 3 is 1.73 bits per heavy atom. The zero-order valence-corrected chi connectivity index (χ0v) is 29.0. The molecule has 0 aromatic heterocycles. The van der Waals surface area contributed by atoms with Gasteiger partial charge in [0, 0.05) is 50.8 Å². The Kier molecular flexibility index (Phi) is 9.72. The number of phenols is 1. The molecule has 3 saturated heterocycles. The predicted octanol–water partition coefficient (Wildman–Crippen LogP) is 6.94. The smallest absolute Gasteiger partial charge is 0.227 e. The maximum Gasteiger partial charge on any atom is 0.227 e. The number of carbonyl (C=O) groups excluding carboxylic acids is 2. The normalized spacial score (nSPS) is 22.6. The van der Waals surface area contributed by atoms with Gasteiger partial charge >= 0.3 is 0 Å². The molecule has 3 aliphatic heterocycles. The van der Waals surface area contributed by atoms with E-state index < -0.39 is 0 Å². The fourth-order valence-corrected chi connectivity index (χ4v) is 6.81. The van der Waals surface area contributed by atoms with Gasteiger partial charge in [0.25, 0.3) is 0 Å². The summed E-state index contributed by atoms with van der Waals surface area (Å²) >= 11 is 0. The number of hydrogen-bond donors (Lipinski definition) is 1. The minimum absolute atomic E-state index is 0.00546. The first kappa shape index (κ1) is 33.1. The van der Waals surface area contributed by atoms with Crippen LogP contribution in [-0.2, 0) is 27.8 Å². The van der Waals surface area contributed by atoms with Crippen molar-refractivity contribution >= 4 is 11.6 Å². The zero-order chi connectivity index (χ0) is 32.6. The van der Waals surface area contributed by atoms with Gasteiger partial charge in [-0.3, -0.25) is 9.59 Å². The Morgan fingerprint density at radius 2 is 1.29 bits per heavy atom.